The third-order valence-corrected chi connectivity index (χ3v) is 2.74. The van der Waals surface area contributed by atoms with E-state index in [2.05, 4.69) is 0 Å². The normalized spacial score (nSPS) is 30.0. The monoisotopic (exact) mass is 271 g/mol. The van der Waals surface area contributed by atoms with Gasteiger partial charge in [0.05, 0.1) is 13.2 Å². The third kappa shape index (κ3) is 3.15. The molecule has 1 heterocycles. The van der Waals surface area contributed by atoms with E-state index in [1.54, 1.807) is 0 Å². The number of nitrogens with zero attached hydrogens (tertiary/aromatic N) is 1. The van der Waals surface area contributed by atoms with E-state index in [0.717, 1.165) is 0 Å². The molecule has 6 heteroatoms. The van der Waals surface area contributed by atoms with Crippen molar-refractivity contribution in [3.63, 3.8) is 0 Å². The summed E-state index contributed by atoms with van der Waals surface area (Å²) < 4.78 is 0.412. The van der Waals surface area contributed by atoms with Crippen LogP contribution in [0.1, 0.15) is 0 Å². The number of rotatable bonds is 4. The minimum absolute atomic E-state index is 0. The Morgan fingerprint density at radius 3 is 1.57 bits per heavy atom. The summed E-state index contributed by atoms with van der Waals surface area (Å²) in [5.41, 5.74) is 0. The average Bonchev–Trinajstić information content (AvgIpc) is 2.29. The van der Waals surface area contributed by atoms with Crippen molar-refractivity contribution in [2.45, 2.75) is 12.2 Å². The Morgan fingerprint density at radius 1 is 0.929 bits per heavy atom. The van der Waals surface area contributed by atoms with Crippen molar-refractivity contribution >= 4 is 0 Å². The summed E-state index contributed by atoms with van der Waals surface area (Å²) in [4.78, 5) is 0. The maximum atomic E-state index is 9.36. The lowest BCUT2D eigenvalue weighted by molar-refractivity contribution is -0.919. The number of hydrogen-bond acceptors (Lipinski definition) is 4. The summed E-state index contributed by atoms with van der Waals surface area (Å²) in [6.07, 6.45) is -1.45. The van der Waals surface area contributed by atoms with Crippen LogP contribution in [0, 0.1) is 0 Å². The van der Waals surface area contributed by atoms with Crippen molar-refractivity contribution in [1.82, 2.24) is 0 Å². The standard InChI is InChI=1S/C8H18NO4.BrH/c10-3-1-9(2-4-11)5-7(12)8(13)6-9;/h7-8,10-13H,1-6H2;1H/q+1;/p-1. The quantitative estimate of drug-likeness (QED) is 0.385. The van der Waals surface area contributed by atoms with Gasteiger partial charge in [0, 0.05) is 0 Å². The van der Waals surface area contributed by atoms with E-state index in [1.807, 2.05) is 0 Å². The van der Waals surface area contributed by atoms with Gasteiger partial charge in [-0.15, -0.1) is 0 Å². The molecule has 1 rings (SSSR count). The van der Waals surface area contributed by atoms with Crippen LogP contribution in [0.4, 0.5) is 0 Å². The molecular weight excluding hydrogens is 254 g/mol. The second kappa shape index (κ2) is 5.99. The number of likely N-dealkylation sites (tertiary alicyclic amines) is 1. The Hall–Kier alpha value is 0.280. The van der Waals surface area contributed by atoms with E-state index < -0.39 is 12.2 Å². The molecule has 0 aromatic rings. The van der Waals surface area contributed by atoms with E-state index in [-0.39, 0.29) is 30.2 Å². The number of aliphatic hydroxyl groups excluding tert-OH is 4. The van der Waals surface area contributed by atoms with E-state index >= 15 is 0 Å². The second-order valence-electron chi connectivity index (χ2n) is 3.74. The molecule has 2 unspecified atom stereocenters. The molecule has 1 fully saturated rings. The molecule has 86 valence electrons. The minimum atomic E-state index is -0.724. The molecule has 0 radical (unpaired) electrons. The van der Waals surface area contributed by atoms with Gasteiger partial charge in [0.25, 0.3) is 0 Å². The van der Waals surface area contributed by atoms with Crippen LogP contribution in [-0.4, -0.2) is 76.5 Å². The van der Waals surface area contributed by atoms with Crippen LogP contribution < -0.4 is 17.0 Å². The Labute approximate surface area is 93.9 Å². The maximum Gasteiger partial charge on any atom is 0.134 e. The van der Waals surface area contributed by atoms with Gasteiger partial charge in [0.1, 0.15) is 38.4 Å². The molecule has 1 aliphatic heterocycles. The molecule has 0 aliphatic carbocycles. The predicted octanol–water partition coefficient (Wildman–Crippen LogP) is -5.47. The Kier molecular flexibility index (Phi) is 6.11. The maximum absolute atomic E-state index is 9.36. The van der Waals surface area contributed by atoms with Crippen molar-refractivity contribution in [3.05, 3.63) is 0 Å². The zero-order valence-electron chi connectivity index (χ0n) is 8.01. The van der Waals surface area contributed by atoms with Crippen molar-refractivity contribution < 1.29 is 41.9 Å². The van der Waals surface area contributed by atoms with Crippen molar-refractivity contribution in [3.8, 4) is 0 Å². The lowest BCUT2D eigenvalue weighted by atomic mass is 10.3. The molecule has 0 aromatic carbocycles. The van der Waals surface area contributed by atoms with Crippen LogP contribution in [-0.2, 0) is 0 Å². The first-order chi connectivity index (χ1) is 6.13. The summed E-state index contributed by atoms with van der Waals surface area (Å²) >= 11 is 0. The zero-order chi connectivity index (χ0) is 9.90. The zero-order valence-corrected chi connectivity index (χ0v) is 9.60. The summed E-state index contributed by atoms with van der Waals surface area (Å²) in [5, 5.41) is 36.4. The second-order valence-corrected chi connectivity index (χ2v) is 3.74. The van der Waals surface area contributed by atoms with E-state index in [9.17, 15) is 10.2 Å². The van der Waals surface area contributed by atoms with Gasteiger partial charge in [-0.1, -0.05) is 0 Å². The Bertz CT molecular complexity index is 151. The van der Waals surface area contributed by atoms with Gasteiger partial charge in [-0.2, -0.15) is 0 Å². The minimum Gasteiger partial charge on any atom is -1.00 e. The molecule has 1 aliphatic rings. The summed E-state index contributed by atoms with van der Waals surface area (Å²) in [6, 6.07) is 0. The van der Waals surface area contributed by atoms with Gasteiger partial charge in [0.15, 0.2) is 0 Å². The van der Waals surface area contributed by atoms with Gasteiger partial charge < -0.3 is 41.9 Å². The highest BCUT2D eigenvalue weighted by Crippen LogP contribution is 2.19. The Balaban J connectivity index is 0.00000169. The molecule has 4 N–H and O–H groups in total. The molecule has 0 spiro atoms. The lowest BCUT2D eigenvalue weighted by Gasteiger charge is -2.32. The molecular formula is C8H18BrNO4. The first-order valence-electron chi connectivity index (χ1n) is 4.56. The van der Waals surface area contributed by atoms with Gasteiger partial charge >= 0.3 is 0 Å². The number of quaternary nitrogens is 1. The predicted molar refractivity (Wildman–Crippen MR) is 45.9 cm³/mol. The molecule has 0 saturated carbocycles. The summed E-state index contributed by atoms with van der Waals surface area (Å²) in [6.45, 7) is 1.83. The van der Waals surface area contributed by atoms with E-state index in [4.69, 9.17) is 10.2 Å². The smallest absolute Gasteiger partial charge is 0.134 e. The topological polar surface area (TPSA) is 80.9 Å². The van der Waals surface area contributed by atoms with E-state index in [0.29, 0.717) is 30.7 Å². The molecule has 2 atom stereocenters. The highest BCUT2D eigenvalue weighted by Gasteiger charge is 2.42. The fourth-order valence-electron chi connectivity index (χ4n) is 2.01. The van der Waals surface area contributed by atoms with Crippen LogP contribution in [0.25, 0.3) is 0 Å². The average molecular weight is 272 g/mol. The van der Waals surface area contributed by atoms with Crippen LogP contribution >= 0.6 is 0 Å². The van der Waals surface area contributed by atoms with Crippen molar-refractivity contribution in [1.29, 1.82) is 0 Å². The van der Waals surface area contributed by atoms with Crippen LogP contribution in [0.15, 0.2) is 0 Å². The molecule has 14 heavy (non-hydrogen) atoms. The summed E-state index contributed by atoms with van der Waals surface area (Å²) in [7, 11) is 0. The fraction of sp³-hybridized carbons (Fsp3) is 1.00. The van der Waals surface area contributed by atoms with Crippen LogP contribution in [0.5, 0.6) is 0 Å². The van der Waals surface area contributed by atoms with Crippen molar-refractivity contribution in [2.75, 3.05) is 39.4 Å². The molecule has 0 amide bonds. The van der Waals surface area contributed by atoms with Gasteiger partial charge in [-0.3, -0.25) is 0 Å². The first-order valence-corrected chi connectivity index (χ1v) is 4.56. The number of halogens is 1. The SMILES string of the molecule is OCC[N+]1(CCO)CC(O)C(O)C1.[Br-]. The number of aliphatic hydroxyl groups is 4. The van der Waals surface area contributed by atoms with Crippen molar-refractivity contribution in [2.24, 2.45) is 0 Å². The Morgan fingerprint density at radius 2 is 1.29 bits per heavy atom. The molecule has 1 saturated heterocycles. The molecule has 5 nitrogen and oxygen atoms in total. The third-order valence-electron chi connectivity index (χ3n) is 2.74. The first kappa shape index (κ1) is 14.3. The van der Waals surface area contributed by atoms with Gasteiger partial charge in [0.2, 0.25) is 0 Å². The van der Waals surface area contributed by atoms with Gasteiger partial charge in [-0.25, -0.2) is 0 Å². The molecule has 0 aromatic heterocycles. The number of hydrogen-bond donors (Lipinski definition) is 4. The highest BCUT2D eigenvalue weighted by molar-refractivity contribution is 4.74. The summed E-state index contributed by atoms with van der Waals surface area (Å²) in [5.74, 6) is 0. The van der Waals surface area contributed by atoms with Gasteiger partial charge in [-0.05, 0) is 0 Å². The van der Waals surface area contributed by atoms with Crippen LogP contribution in [0.2, 0.25) is 0 Å². The highest BCUT2D eigenvalue weighted by atomic mass is 79.9. The van der Waals surface area contributed by atoms with Crippen LogP contribution in [0.3, 0.4) is 0 Å². The molecule has 0 bridgehead atoms. The fourth-order valence-corrected chi connectivity index (χ4v) is 2.01. The largest absolute Gasteiger partial charge is 1.00 e. The lowest BCUT2D eigenvalue weighted by Crippen LogP contribution is -3.00. The van der Waals surface area contributed by atoms with E-state index in [1.165, 1.54) is 0 Å².